The summed E-state index contributed by atoms with van der Waals surface area (Å²) >= 11 is 0. The highest BCUT2D eigenvalue weighted by Crippen LogP contribution is 2.39. The molecular formula is C11H10N2O. The summed E-state index contributed by atoms with van der Waals surface area (Å²) in [5.41, 5.74) is 1.08. The number of nitriles is 1. The van der Waals surface area contributed by atoms with E-state index in [1.165, 1.54) is 0 Å². The number of nitrogens with zero attached hydrogens (tertiary/aromatic N) is 1. The van der Waals surface area contributed by atoms with E-state index in [2.05, 4.69) is 11.4 Å². The van der Waals surface area contributed by atoms with E-state index in [0.717, 1.165) is 11.3 Å². The highest BCUT2D eigenvalue weighted by Gasteiger charge is 2.42. The van der Waals surface area contributed by atoms with Gasteiger partial charge in [0.25, 0.3) is 0 Å². The first-order valence-corrected chi connectivity index (χ1v) is 4.46. The maximum absolute atomic E-state index is 11.7. The summed E-state index contributed by atoms with van der Waals surface area (Å²) in [6, 6.07) is 9.57. The third kappa shape index (κ3) is 1.01. The van der Waals surface area contributed by atoms with E-state index in [1.54, 1.807) is 6.92 Å². The maximum atomic E-state index is 11.7. The molecule has 1 aromatic carbocycles. The van der Waals surface area contributed by atoms with Gasteiger partial charge in [0.1, 0.15) is 0 Å². The van der Waals surface area contributed by atoms with Crippen LogP contribution in [0, 0.1) is 11.3 Å². The van der Waals surface area contributed by atoms with E-state index in [4.69, 9.17) is 5.26 Å². The van der Waals surface area contributed by atoms with E-state index >= 15 is 0 Å². The van der Waals surface area contributed by atoms with Crippen molar-refractivity contribution in [2.24, 2.45) is 0 Å². The largest absolute Gasteiger partial charge is 0.325 e. The Kier molecular flexibility index (Phi) is 1.78. The van der Waals surface area contributed by atoms with Gasteiger partial charge in [-0.3, -0.25) is 4.79 Å². The maximum Gasteiger partial charge on any atom is 0.235 e. The van der Waals surface area contributed by atoms with Gasteiger partial charge in [0.05, 0.1) is 17.9 Å². The van der Waals surface area contributed by atoms with Crippen LogP contribution in [0.5, 0.6) is 0 Å². The van der Waals surface area contributed by atoms with Gasteiger partial charge in [-0.25, -0.2) is 0 Å². The fraction of sp³-hybridized carbons (Fsp3) is 0.273. The molecular weight excluding hydrogens is 176 g/mol. The predicted octanol–water partition coefficient (Wildman–Crippen LogP) is 1.81. The first kappa shape index (κ1) is 8.76. The molecule has 0 radical (unpaired) electrons. The van der Waals surface area contributed by atoms with Crippen LogP contribution in [0.1, 0.15) is 18.9 Å². The third-order valence-corrected chi connectivity index (χ3v) is 2.70. The van der Waals surface area contributed by atoms with Gasteiger partial charge in [-0.2, -0.15) is 5.26 Å². The second-order valence-electron chi connectivity index (χ2n) is 3.67. The minimum absolute atomic E-state index is 0.0831. The normalized spacial score (nSPS) is 23.9. The minimum atomic E-state index is -0.675. The predicted molar refractivity (Wildman–Crippen MR) is 52.7 cm³/mol. The molecule has 1 aliphatic heterocycles. The van der Waals surface area contributed by atoms with Gasteiger partial charge in [0, 0.05) is 5.69 Å². The fourth-order valence-corrected chi connectivity index (χ4v) is 1.79. The number of carbonyl (C=O) groups excluding carboxylic acids is 1. The highest BCUT2D eigenvalue weighted by atomic mass is 16.2. The molecule has 0 saturated carbocycles. The number of carbonyl (C=O) groups is 1. The molecule has 1 N–H and O–H groups in total. The Balaban J connectivity index is 2.55. The van der Waals surface area contributed by atoms with Crippen LogP contribution in [0.4, 0.5) is 5.69 Å². The van der Waals surface area contributed by atoms with Gasteiger partial charge in [0.2, 0.25) is 5.91 Å². The van der Waals surface area contributed by atoms with Crippen LogP contribution in [0.3, 0.4) is 0 Å². The van der Waals surface area contributed by atoms with Crippen molar-refractivity contribution in [2.45, 2.75) is 18.8 Å². The van der Waals surface area contributed by atoms with Crippen molar-refractivity contribution in [3.63, 3.8) is 0 Å². The van der Waals surface area contributed by atoms with E-state index in [-0.39, 0.29) is 12.3 Å². The monoisotopic (exact) mass is 186 g/mol. The molecule has 1 atom stereocenters. The number of fused-ring (bicyclic) bond motifs is 1. The molecule has 0 saturated heterocycles. The summed E-state index contributed by atoms with van der Waals surface area (Å²) in [4.78, 5) is 11.7. The molecule has 0 spiro atoms. The summed E-state index contributed by atoms with van der Waals surface area (Å²) in [7, 11) is 0. The summed E-state index contributed by atoms with van der Waals surface area (Å²) in [6.07, 6.45) is 0.218. The van der Waals surface area contributed by atoms with E-state index < -0.39 is 5.41 Å². The Morgan fingerprint density at radius 3 is 2.93 bits per heavy atom. The molecule has 1 aromatic rings. The van der Waals surface area contributed by atoms with Crippen LogP contribution >= 0.6 is 0 Å². The SMILES string of the molecule is C[C@@]1(CC#N)C(=O)Nc2ccccc21. The van der Waals surface area contributed by atoms with Crippen molar-refractivity contribution in [1.29, 1.82) is 5.26 Å². The zero-order valence-electron chi connectivity index (χ0n) is 7.87. The van der Waals surface area contributed by atoms with Gasteiger partial charge in [0.15, 0.2) is 0 Å². The Hall–Kier alpha value is -1.82. The molecule has 70 valence electrons. The molecule has 0 unspecified atom stereocenters. The molecule has 2 rings (SSSR count). The Morgan fingerprint density at radius 2 is 2.21 bits per heavy atom. The lowest BCUT2D eigenvalue weighted by Gasteiger charge is -2.17. The van der Waals surface area contributed by atoms with Gasteiger partial charge >= 0.3 is 0 Å². The number of nitrogens with one attached hydrogen (secondary N) is 1. The van der Waals surface area contributed by atoms with Crippen molar-refractivity contribution >= 4 is 11.6 Å². The van der Waals surface area contributed by atoms with E-state index in [9.17, 15) is 4.79 Å². The van der Waals surface area contributed by atoms with Gasteiger partial charge in [-0.05, 0) is 18.6 Å². The first-order valence-electron chi connectivity index (χ1n) is 4.46. The topological polar surface area (TPSA) is 52.9 Å². The summed E-state index contributed by atoms with van der Waals surface area (Å²) in [5.74, 6) is -0.0831. The summed E-state index contributed by atoms with van der Waals surface area (Å²) in [5, 5.41) is 11.5. The minimum Gasteiger partial charge on any atom is -0.325 e. The number of hydrogen-bond donors (Lipinski definition) is 1. The zero-order valence-corrected chi connectivity index (χ0v) is 7.87. The number of hydrogen-bond acceptors (Lipinski definition) is 2. The Bertz CT molecular complexity index is 433. The van der Waals surface area contributed by atoms with Crippen LogP contribution in [0.15, 0.2) is 24.3 Å². The van der Waals surface area contributed by atoms with Crippen LogP contribution in [-0.4, -0.2) is 5.91 Å². The lowest BCUT2D eigenvalue weighted by Crippen LogP contribution is -2.30. The van der Waals surface area contributed by atoms with Crippen molar-refractivity contribution in [2.75, 3.05) is 5.32 Å². The van der Waals surface area contributed by atoms with Crippen LogP contribution in [0.25, 0.3) is 0 Å². The summed E-state index contributed by atoms with van der Waals surface area (Å²) < 4.78 is 0. The molecule has 14 heavy (non-hydrogen) atoms. The molecule has 3 nitrogen and oxygen atoms in total. The van der Waals surface area contributed by atoms with Crippen molar-refractivity contribution in [3.8, 4) is 6.07 Å². The van der Waals surface area contributed by atoms with Crippen LogP contribution in [-0.2, 0) is 10.2 Å². The molecule has 0 bridgehead atoms. The fourth-order valence-electron chi connectivity index (χ4n) is 1.79. The van der Waals surface area contributed by atoms with Crippen LogP contribution in [0.2, 0.25) is 0 Å². The van der Waals surface area contributed by atoms with E-state index in [0.29, 0.717) is 0 Å². The molecule has 0 aromatic heterocycles. The van der Waals surface area contributed by atoms with Gasteiger partial charge in [-0.1, -0.05) is 18.2 Å². The number of amides is 1. The standard InChI is InChI=1S/C11H10N2O/c1-11(6-7-12)8-4-2-3-5-9(8)13-10(11)14/h2-5H,6H2,1H3,(H,13,14)/t11-/m0/s1. The molecule has 1 amide bonds. The lowest BCUT2D eigenvalue weighted by atomic mass is 9.81. The van der Waals surface area contributed by atoms with Crippen molar-refractivity contribution in [3.05, 3.63) is 29.8 Å². The number of anilines is 1. The average molecular weight is 186 g/mol. The molecule has 1 heterocycles. The van der Waals surface area contributed by atoms with Crippen LogP contribution < -0.4 is 5.32 Å². The molecule has 1 aliphatic rings. The molecule has 3 heteroatoms. The number of para-hydroxylation sites is 1. The molecule has 0 aliphatic carbocycles. The third-order valence-electron chi connectivity index (χ3n) is 2.70. The Labute approximate surface area is 82.4 Å². The second kappa shape index (κ2) is 2.85. The second-order valence-corrected chi connectivity index (χ2v) is 3.67. The number of benzene rings is 1. The highest BCUT2D eigenvalue weighted by molar-refractivity contribution is 6.06. The smallest absolute Gasteiger partial charge is 0.235 e. The van der Waals surface area contributed by atoms with Gasteiger partial charge in [-0.15, -0.1) is 0 Å². The number of rotatable bonds is 1. The quantitative estimate of drug-likeness (QED) is 0.727. The first-order chi connectivity index (χ1) is 6.68. The Morgan fingerprint density at radius 1 is 1.50 bits per heavy atom. The summed E-state index contributed by atoms with van der Waals surface area (Å²) in [6.45, 7) is 1.80. The van der Waals surface area contributed by atoms with E-state index in [1.807, 2.05) is 24.3 Å². The lowest BCUT2D eigenvalue weighted by molar-refractivity contribution is -0.120. The van der Waals surface area contributed by atoms with Gasteiger partial charge < -0.3 is 5.32 Å². The average Bonchev–Trinajstić information content (AvgIpc) is 2.41. The van der Waals surface area contributed by atoms with Crippen molar-refractivity contribution < 1.29 is 4.79 Å². The molecule has 0 fully saturated rings. The zero-order chi connectivity index (χ0) is 10.2. The van der Waals surface area contributed by atoms with Crippen molar-refractivity contribution in [1.82, 2.24) is 0 Å².